The summed E-state index contributed by atoms with van der Waals surface area (Å²) in [5.74, 6) is 0.389. The molecule has 1 aliphatic carbocycles. The second-order valence-corrected chi connectivity index (χ2v) is 10.8. The Morgan fingerprint density at radius 2 is 1.97 bits per heavy atom. The number of aryl methyl sites for hydroxylation is 2. The Hall–Kier alpha value is -3.43. The lowest BCUT2D eigenvalue weighted by Gasteiger charge is -2.26. The average Bonchev–Trinajstić information content (AvgIpc) is 3.34. The van der Waals surface area contributed by atoms with E-state index in [0.29, 0.717) is 32.4 Å². The molecule has 2 aromatic heterocycles. The minimum atomic E-state index is -0.199. The fourth-order valence-corrected chi connectivity index (χ4v) is 6.53. The first-order valence-electron chi connectivity index (χ1n) is 11.8. The van der Waals surface area contributed by atoms with Crippen molar-refractivity contribution < 1.29 is 14.3 Å². The molecule has 1 N–H and O–H groups in total. The first-order chi connectivity index (χ1) is 17.5. The number of amides is 1. The van der Waals surface area contributed by atoms with Crippen LogP contribution in [0.4, 0.5) is 5.69 Å². The maximum Gasteiger partial charge on any atom is 0.264 e. The zero-order valence-electron chi connectivity index (χ0n) is 19.6. The molecule has 3 heterocycles. The van der Waals surface area contributed by atoms with E-state index >= 15 is 0 Å². The molecule has 182 valence electrons. The van der Waals surface area contributed by atoms with Gasteiger partial charge < -0.3 is 14.6 Å². The van der Waals surface area contributed by atoms with Crippen LogP contribution in [0.5, 0.6) is 5.75 Å². The van der Waals surface area contributed by atoms with E-state index in [1.165, 1.54) is 52.0 Å². The normalized spacial score (nSPS) is 14.9. The molecule has 2 aliphatic rings. The number of benzene rings is 2. The van der Waals surface area contributed by atoms with Crippen molar-refractivity contribution in [3.05, 3.63) is 68.8 Å². The van der Waals surface area contributed by atoms with Crippen LogP contribution in [0, 0.1) is 0 Å². The largest absolute Gasteiger partial charge is 0.482 e. The molecule has 0 atom stereocenters. The topological polar surface area (TPSA) is 92.4 Å². The molecule has 1 aliphatic heterocycles. The maximum absolute atomic E-state index is 13.0. The van der Waals surface area contributed by atoms with Crippen LogP contribution in [0.3, 0.4) is 0 Å². The van der Waals surface area contributed by atoms with Gasteiger partial charge in [-0.25, -0.2) is 4.98 Å². The number of thiophene rings is 1. The molecule has 0 saturated carbocycles. The van der Waals surface area contributed by atoms with E-state index in [4.69, 9.17) is 4.74 Å². The van der Waals surface area contributed by atoms with Crippen molar-refractivity contribution in [1.82, 2.24) is 9.97 Å². The van der Waals surface area contributed by atoms with Crippen LogP contribution in [-0.4, -0.2) is 41.1 Å². The van der Waals surface area contributed by atoms with Gasteiger partial charge in [-0.15, -0.1) is 11.3 Å². The Morgan fingerprint density at radius 3 is 2.83 bits per heavy atom. The fraction of sp³-hybridized carbons (Fsp3) is 0.259. The number of aromatic amines is 1. The van der Waals surface area contributed by atoms with E-state index in [2.05, 4.69) is 28.2 Å². The summed E-state index contributed by atoms with van der Waals surface area (Å²) >= 11 is 2.63. The number of nitrogens with one attached hydrogen (secondary N) is 1. The number of fused-ring (bicyclic) bond motifs is 3. The number of ketones is 1. The number of ether oxygens (including phenoxy) is 1. The van der Waals surface area contributed by atoms with E-state index in [1.54, 1.807) is 25.2 Å². The molecule has 0 fully saturated rings. The lowest BCUT2D eigenvalue weighted by atomic mass is 9.89. The number of thioether (sulfide) groups is 1. The zero-order chi connectivity index (χ0) is 24.8. The Kier molecular flexibility index (Phi) is 5.89. The predicted octanol–water partition coefficient (Wildman–Crippen LogP) is 4.86. The molecule has 0 bridgehead atoms. The fourth-order valence-electron chi connectivity index (χ4n) is 4.77. The van der Waals surface area contributed by atoms with Gasteiger partial charge in [-0.1, -0.05) is 30.0 Å². The third-order valence-corrected chi connectivity index (χ3v) is 8.53. The van der Waals surface area contributed by atoms with E-state index in [1.807, 2.05) is 5.38 Å². The molecular formula is C27H23N3O4S2. The second-order valence-electron chi connectivity index (χ2n) is 9.03. The van der Waals surface area contributed by atoms with E-state index < -0.39 is 0 Å². The summed E-state index contributed by atoms with van der Waals surface area (Å²) in [7, 11) is 1.66. The second kappa shape index (κ2) is 9.22. The van der Waals surface area contributed by atoms with Gasteiger partial charge in [0.15, 0.2) is 17.5 Å². The number of carbonyl (C=O) groups is 2. The zero-order valence-corrected chi connectivity index (χ0v) is 21.3. The average molecular weight is 518 g/mol. The first kappa shape index (κ1) is 23.0. The van der Waals surface area contributed by atoms with Crippen molar-refractivity contribution in [2.24, 2.45) is 0 Å². The molecule has 9 heteroatoms. The Morgan fingerprint density at radius 1 is 1.14 bits per heavy atom. The van der Waals surface area contributed by atoms with E-state index in [0.717, 1.165) is 24.0 Å². The third kappa shape index (κ3) is 4.12. The van der Waals surface area contributed by atoms with Gasteiger partial charge in [0.25, 0.3) is 11.5 Å². The van der Waals surface area contributed by atoms with Gasteiger partial charge in [0, 0.05) is 23.6 Å². The van der Waals surface area contributed by atoms with Crippen LogP contribution in [0.25, 0.3) is 21.3 Å². The summed E-state index contributed by atoms with van der Waals surface area (Å²) < 4.78 is 5.43. The quantitative estimate of drug-likeness (QED) is 0.231. The minimum absolute atomic E-state index is 0.00887. The van der Waals surface area contributed by atoms with Gasteiger partial charge in [0.05, 0.1) is 16.8 Å². The number of carbonyl (C=O) groups excluding carboxylic acids is 2. The molecule has 2 aromatic carbocycles. The molecule has 7 nitrogen and oxygen atoms in total. The standard InChI is InChI=1S/C27H23N3O4S2/c1-30-20-11-18(8-9-22(20)34-12-23(30)32)21(31)14-36-27-28-25(33)24-19(13-35-26(24)29-27)17-7-6-15-4-2-3-5-16(15)10-17/h6-11,13H,2-5,12,14H2,1H3,(H,28,29,33). The predicted molar refractivity (Wildman–Crippen MR) is 143 cm³/mol. The Bertz CT molecular complexity index is 1590. The molecule has 6 rings (SSSR count). The molecule has 4 aromatic rings. The number of H-pyrrole nitrogens is 1. The summed E-state index contributed by atoms with van der Waals surface area (Å²) in [6.45, 7) is -0.00887. The van der Waals surface area contributed by atoms with Crippen molar-refractivity contribution >= 4 is 50.7 Å². The summed E-state index contributed by atoms with van der Waals surface area (Å²) in [6, 6.07) is 11.6. The monoisotopic (exact) mass is 517 g/mol. The van der Waals surface area contributed by atoms with Crippen molar-refractivity contribution in [1.29, 1.82) is 0 Å². The number of hydrogen-bond acceptors (Lipinski definition) is 7. The SMILES string of the molecule is CN1C(=O)COc2ccc(C(=O)CSc3nc4scc(-c5ccc6c(c5)CCCC6)c4c(=O)[nH]3)cc21. The maximum atomic E-state index is 13.0. The van der Waals surface area contributed by atoms with Gasteiger partial charge in [-0.05, 0) is 60.6 Å². The molecular weight excluding hydrogens is 494 g/mol. The summed E-state index contributed by atoms with van der Waals surface area (Å²) in [4.78, 5) is 47.5. The Labute approximate surface area is 215 Å². The minimum Gasteiger partial charge on any atom is -0.482 e. The van der Waals surface area contributed by atoms with Crippen molar-refractivity contribution in [2.75, 3.05) is 24.3 Å². The molecule has 36 heavy (non-hydrogen) atoms. The highest BCUT2D eigenvalue weighted by molar-refractivity contribution is 7.99. The van der Waals surface area contributed by atoms with Crippen LogP contribution in [0.1, 0.15) is 34.3 Å². The van der Waals surface area contributed by atoms with Crippen molar-refractivity contribution in [2.45, 2.75) is 30.8 Å². The summed E-state index contributed by atoms with van der Waals surface area (Å²) in [5.41, 5.74) is 5.57. The number of nitrogens with zero attached hydrogens (tertiary/aromatic N) is 2. The van der Waals surface area contributed by atoms with Crippen molar-refractivity contribution in [3.63, 3.8) is 0 Å². The van der Waals surface area contributed by atoms with Crippen LogP contribution >= 0.6 is 23.1 Å². The number of rotatable bonds is 5. The molecule has 1 amide bonds. The van der Waals surface area contributed by atoms with Crippen LogP contribution < -0.4 is 15.2 Å². The Balaban J connectivity index is 1.22. The highest BCUT2D eigenvalue weighted by Crippen LogP contribution is 2.35. The molecule has 0 saturated heterocycles. The van der Waals surface area contributed by atoms with Gasteiger partial charge in [0.2, 0.25) is 0 Å². The van der Waals surface area contributed by atoms with Crippen molar-refractivity contribution in [3.8, 4) is 16.9 Å². The molecule has 0 spiro atoms. The van der Waals surface area contributed by atoms with Crippen LogP contribution in [-0.2, 0) is 17.6 Å². The highest BCUT2D eigenvalue weighted by atomic mass is 32.2. The summed E-state index contributed by atoms with van der Waals surface area (Å²) in [5, 5.41) is 2.99. The highest BCUT2D eigenvalue weighted by Gasteiger charge is 2.23. The number of anilines is 1. The van der Waals surface area contributed by atoms with Gasteiger partial charge in [-0.3, -0.25) is 14.4 Å². The number of hydrogen-bond donors (Lipinski definition) is 1. The van der Waals surface area contributed by atoms with Gasteiger partial charge >= 0.3 is 0 Å². The first-order valence-corrected chi connectivity index (χ1v) is 13.7. The lowest BCUT2D eigenvalue weighted by molar-refractivity contribution is -0.120. The molecule has 0 unspecified atom stereocenters. The summed E-state index contributed by atoms with van der Waals surface area (Å²) in [6.07, 6.45) is 4.64. The lowest BCUT2D eigenvalue weighted by Crippen LogP contribution is -2.35. The van der Waals surface area contributed by atoms with Crippen LogP contribution in [0.15, 0.2) is 51.7 Å². The molecule has 0 radical (unpaired) electrons. The van der Waals surface area contributed by atoms with E-state index in [-0.39, 0.29) is 29.6 Å². The number of aromatic nitrogens is 2. The van der Waals surface area contributed by atoms with Gasteiger partial charge in [0.1, 0.15) is 10.6 Å². The van der Waals surface area contributed by atoms with E-state index in [9.17, 15) is 14.4 Å². The van der Waals surface area contributed by atoms with Crippen LogP contribution in [0.2, 0.25) is 0 Å². The van der Waals surface area contributed by atoms with Gasteiger partial charge in [-0.2, -0.15) is 0 Å². The number of Topliss-reactive ketones (excluding diaryl/α,β-unsaturated/α-hetero) is 1. The smallest absolute Gasteiger partial charge is 0.264 e. The number of likely N-dealkylation sites (N-methyl/N-ethyl adjacent to an activating group) is 1. The third-order valence-electron chi connectivity index (χ3n) is 6.79.